The first-order chi connectivity index (χ1) is 9.09. The monoisotopic (exact) mass is 282 g/mol. The minimum Gasteiger partial charge on any atom is -0.396 e. The van der Waals surface area contributed by atoms with Gasteiger partial charge in [-0.05, 0) is 48.6 Å². The van der Waals surface area contributed by atoms with Gasteiger partial charge >= 0.3 is 6.03 Å². The highest BCUT2D eigenvalue weighted by Crippen LogP contribution is 2.30. The lowest BCUT2D eigenvalue weighted by molar-refractivity contribution is -0.131. The summed E-state index contributed by atoms with van der Waals surface area (Å²) in [5.74, 6) is -0.195. The van der Waals surface area contributed by atoms with E-state index in [1.165, 1.54) is 16.2 Å². The minimum absolute atomic E-state index is 0.146. The molecule has 3 amide bonds. The summed E-state index contributed by atoms with van der Waals surface area (Å²) < 4.78 is 0. The predicted octanol–water partition coefficient (Wildman–Crippen LogP) is 1.68. The van der Waals surface area contributed by atoms with Crippen molar-refractivity contribution in [1.82, 2.24) is 10.2 Å². The van der Waals surface area contributed by atoms with E-state index in [1.54, 1.807) is 6.92 Å². The minimum atomic E-state index is -0.936. The predicted molar refractivity (Wildman–Crippen MR) is 72.9 cm³/mol. The molecule has 6 heteroatoms. The Labute approximate surface area is 116 Å². The Hall–Kier alpha value is -1.40. The third kappa shape index (κ3) is 2.64. The Balaban J connectivity index is 2.04. The lowest BCUT2D eigenvalue weighted by Gasteiger charge is -2.20. The third-order valence-corrected chi connectivity index (χ3v) is 4.10. The maximum absolute atomic E-state index is 12.4. The van der Waals surface area contributed by atoms with Gasteiger partial charge in [-0.1, -0.05) is 0 Å². The highest BCUT2D eigenvalue weighted by molar-refractivity contribution is 7.08. The molecule has 1 fully saturated rings. The van der Waals surface area contributed by atoms with Crippen LogP contribution in [0.25, 0.3) is 0 Å². The van der Waals surface area contributed by atoms with Gasteiger partial charge in [-0.15, -0.1) is 0 Å². The molecule has 104 valence electrons. The molecule has 1 aromatic rings. The fourth-order valence-corrected chi connectivity index (χ4v) is 2.97. The van der Waals surface area contributed by atoms with Gasteiger partial charge in [0, 0.05) is 13.2 Å². The number of aliphatic hydroxyl groups excluding tert-OH is 1. The van der Waals surface area contributed by atoms with Gasteiger partial charge < -0.3 is 10.4 Å². The molecule has 2 rings (SSSR count). The number of amides is 3. The van der Waals surface area contributed by atoms with Crippen molar-refractivity contribution in [1.29, 1.82) is 0 Å². The lowest BCUT2D eigenvalue weighted by Crippen LogP contribution is -2.40. The van der Waals surface area contributed by atoms with Gasteiger partial charge in [0.15, 0.2) is 0 Å². The van der Waals surface area contributed by atoms with Crippen LogP contribution in [0.3, 0.4) is 0 Å². The van der Waals surface area contributed by atoms with E-state index in [0.29, 0.717) is 13.0 Å². The molecular weight excluding hydrogens is 264 g/mol. The van der Waals surface area contributed by atoms with Crippen molar-refractivity contribution in [3.05, 3.63) is 22.4 Å². The van der Waals surface area contributed by atoms with Gasteiger partial charge in [0.2, 0.25) is 0 Å². The first-order valence-electron chi connectivity index (χ1n) is 6.37. The van der Waals surface area contributed by atoms with E-state index in [4.69, 9.17) is 5.11 Å². The van der Waals surface area contributed by atoms with E-state index in [1.807, 2.05) is 16.8 Å². The summed E-state index contributed by atoms with van der Waals surface area (Å²) in [6, 6.07) is 1.53. The lowest BCUT2D eigenvalue weighted by atomic mass is 9.95. The number of urea groups is 1. The number of thiophene rings is 1. The van der Waals surface area contributed by atoms with Crippen molar-refractivity contribution >= 4 is 23.3 Å². The zero-order valence-electron chi connectivity index (χ0n) is 10.9. The van der Waals surface area contributed by atoms with Crippen molar-refractivity contribution < 1.29 is 14.7 Å². The highest BCUT2D eigenvalue weighted by atomic mass is 32.1. The fraction of sp³-hybridized carbons (Fsp3) is 0.538. The Kier molecular flexibility index (Phi) is 4.21. The Morgan fingerprint density at radius 3 is 2.79 bits per heavy atom. The number of hydrogen-bond donors (Lipinski definition) is 2. The molecule has 0 aliphatic carbocycles. The number of unbranched alkanes of at least 4 members (excludes halogenated alkanes) is 2. The van der Waals surface area contributed by atoms with E-state index in [2.05, 4.69) is 5.32 Å². The molecule has 19 heavy (non-hydrogen) atoms. The van der Waals surface area contributed by atoms with Crippen molar-refractivity contribution in [2.75, 3.05) is 13.2 Å². The summed E-state index contributed by atoms with van der Waals surface area (Å²) in [5, 5.41) is 15.3. The van der Waals surface area contributed by atoms with Crippen molar-refractivity contribution in [2.45, 2.75) is 31.7 Å². The van der Waals surface area contributed by atoms with Crippen LogP contribution in [0.15, 0.2) is 16.8 Å². The second kappa shape index (κ2) is 5.71. The molecule has 1 atom stereocenters. The van der Waals surface area contributed by atoms with Gasteiger partial charge in [-0.3, -0.25) is 9.69 Å². The molecule has 1 aromatic heterocycles. The summed E-state index contributed by atoms with van der Waals surface area (Å²) >= 11 is 1.50. The second-order valence-corrected chi connectivity index (χ2v) is 5.59. The summed E-state index contributed by atoms with van der Waals surface area (Å²) in [4.78, 5) is 25.6. The SMILES string of the molecule is CC1(c2ccsc2)NC(=O)N(CCCCCO)C1=O. The smallest absolute Gasteiger partial charge is 0.325 e. The zero-order chi connectivity index (χ0) is 13.9. The molecule has 2 heterocycles. The summed E-state index contributed by atoms with van der Waals surface area (Å²) in [6.45, 7) is 2.29. The standard InChI is InChI=1S/C13H18N2O3S/c1-13(10-5-8-19-9-10)11(17)15(12(18)14-13)6-3-2-4-7-16/h5,8-9,16H,2-4,6-7H2,1H3,(H,14,18). The van der Waals surface area contributed by atoms with Gasteiger partial charge in [-0.25, -0.2) is 4.79 Å². The summed E-state index contributed by atoms with van der Waals surface area (Å²) in [5.41, 5.74) is -0.109. The molecule has 0 saturated carbocycles. The van der Waals surface area contributed by atoms with Crippen LogP contribution in [0, 0.1) is 0 Å². The van der Waals surface area contributed by atoms with Crippen molar-refractivity contribution in [3.8, 4) is 0 Å². The number of rotatable bonds is 6. The molecule has 1 saturated heterocycles. The Morgan fingerprint density at radius 1 is 1.37 bits per heavy atom. The quantitative estimate of drug-likeness (QED) is 0.616. The van der Waals surface area contributed by atoms with Crippen LogP contribution >= 0.6 is 11.3 Å². The van der Waals surface area contributed by atoms with Gasteiger partial charge in [0.1, 0.15) is 5.54 Å². The van der Waals surface area contributed by atoms with Crippen LogP contribution in [0.4, 0.5) is 4.79 Å². The zero-order valence-corrected chi connectivity index (χ0v) is 11.7. The van der Waals surface area contributed by atoms with Crippen LogP contribution in [0.2, 0.25) is 0 Å². The largest absolute Gasteiger partial charge is 0.396 e. The molecule has 0 bridgehead atoms. The van der Waals surface area contributed by atoms with Crippen LogP contribution in [-0.4, -0.2) is 35.1 Å². The number of nitrogens with one attached hydrogen (secondary N) is 1. The van der Waals surface area contributed by atoms with E-state index in [0.717, 1.165) is 18.4 Å². The average molecular weight is 282 g/mol. The topological polar surface area (TPSA) is 69.6 Å². The molecule has 0 radical (unpaired) electrons. The van der Waals surface area contributed by atoms with E-state index in [-0.39, 0.29) is 18.5 Å². The number of carbonyl (C=O) groups is 2. The number of carbonyl (C=O) groups excluding carboxylic acids is 2. The normalized spacial score (nSPS) is 22.9. The molecule has 2 N–H and O–H groups in total. The Bertz CT molecular complexity index is 460. The van der Waals surface area contributed by atoms with Crippen LogP contribution in [0.1, 0.15) is 31.7 Å². The van der Waals surface area contributed by atoms with Crippen LogP contribution in [0.5, 0.6) is 0 Å². The van der Waals surface area contributed by atoms with Gasteiger partial charge in [0.25, 0.3) is 5.91 Å². The number of imide groups is 1. The maximum atomic E-state index is 12.4. The molecule has 1 aliphatic heterocycles. The molecule has 1 unspecified atom stereocenters. The van der Waals surface area contributed by atoms with Crippen LogP contribution in [-0.2, 0) is 10.3 Å². The van der Waals surface area contributed by atoms with Gasteiger partial charge in [0.05, 0.1) is 0 Å². The molecular formula is C13H18N2O3S. The average Bonchev–Trinajstić information content (AvgIpc) is 2.97. The summed E-state index contributed by atoms with van der Waals surface area (Å²) in [6.07, 6.45) is 2.23. The first kappa shape index (κ1) is 14.0. The van der Waals surface area contributed by atoms with Crippen molar-refractivity contribution in [2.24, 2.45) is 0 Å². The number of aliphatic hydroxyl groups is 1. The molecule has 5 nitrogen and oxygen atoms in total. The first-order valence-corrected chi connectivity index (χ1v) is 7.31. The van der Waals surface area contributed by atoms with Crippen molar-refractivity contribution in [3.63, 3.8) is 0 Å². The van der Waals surface area contributed by atoms with E-state index in [9.17, 15) is 9.59 Å². The third-order valence-electron chi connectivity index (χ3n) is 3.41. The van der Waals surface area contributed by atoms with E-state index < -0.39 is 5.54 Å². The molecule has 0 aromatic carbocycles. The van der Waals surface area contributed by atoms with Crippen LogP contribution < -0.4 is 5.32 Å². The number of hydrogen-bond acceptors (Lipinski definition) is 4. The maximum Gasteiger partial charge on any atom is 0.325 e. The number of nitrogens with zero attached hydrogens (tertiary/aromatic N) is 1. The molecule has 1 aliphatic rings. The Morgan fingerprint density at radius 2 is 2.16 bits per heavy atom. The van der Waals surface area contributed by atoms with Gasteiger partial charge in [-0.2, -0.15) is 11.3 Å². The summed E-state index contributed by atoms with van der Waals surface area (Å²) in [7, 11) is 0. The fourth-order valence-electron chi connectivity index (χ4n) is 2.20. The van der Waals surface area contributed by atoms with E-state index >= 15 is 0 Å². The molecule has 0 spiro atoms. The highest BCUT2D eigenvalue weighted by Gasteiger charge is 2.48. The second-order valence-electron chi connectivity index (χ2n) is 4.81.